The Morgan fingerprint density at radius 2 is 1.93 bits per heavy atom. The lowest BCUT2D eigenvalue weighted by molar-refractivity contribution is 0.0845. The van der Waals surface area contributed by atoms with Crippen LogP contribution < -0.4 is 5.56 Å². The highest BCUT2D eigenvalue weighted by molar-refractivity contribution is 6.30. The minimum atomic E-state index is -0.476. The Hall–Kier alpha value is -2.31. The summed E-state index contributed by atoms with van der Waals surface area (Å²) in [6, 6.07) is 6.29. The van der Waals surface area contributed by atoms with Gasteiger partial charge in [0.15, 0.2) is 5.65 Å². The van der Waals surface area contributed by atoms with Crippen LogP contribution in [0.1, 0.15) is 30.3 Å². The van der Waals surface area contributed by atoms with Crippen LogP contribution in [0.15, 0.2) is 29.1 Å². The summed E-state index contributed by atoms with van der Waals surface area (Å²) in [7, 11) is 1.65. The molecule has 1 aliphatic heterocycles. The van der Waals surface area contributed by atoms with E-state index in [2.05, 4.69) is 9.97 Å². The number of rotatable bonds is 2. The van der Waals surface area contributed by atoms with E-state index in [1.807, 2.05) is 6.07 Å². The Kier molecular flexibility index (Phi) is 4.70. The SMILES string of the molecule is Cc1nc2nc(C3CCOCC3)cc(-c3ccc(Cl)cc3F)c2c(=O)n1C. The van der Waals surface area contributed by atoms with E-state index >= 15 is 0 Å². The third-order valence-corrected chi connectivity index (χ3v) is 5.39. The molecule has 0 radical (unpaired) electrons. The molecular formula is C20H19ClFN3O2. The van der Waals surface area contributed by atoms with Crippen molar-refractivity contribution in [2.24, 2.45) is 7.05 Å². The molecule has 0 saturated carbocycles. The molecule has 3 aromatic rings. The molecule has 0 N–H and O–H groups in total. The maximum absolute atomic E-state index is 14.7. The number of aryl methyl sites for hydroxylation is 1. The van der Waals surface area contributed by atoms with E-state index in [4.69, 9.17) is 16.3 Å². The van der Waals surface area contributed by atoms with Gasteiger partial charge in [-0.3, -0.25) is 9.36 Å². The zero-order chi connectivity index (χ0) is 19.1. The van der Waals surface area contributed by atoms with Crippen LogP contribution in [0.2, 0.25) is 5.02 Å². The number of ether oxygens (including phenoxy) is 1. The van der Waals surface area contributed by atoms with Crippen LogP contribution in [0.5, 0.6) is 0 Å². The molecule has 0 amide bonds. The van der Waals surface area contributed by atoms with E-state index < -0.39 is 5.82 Å². The molecule has 3 heterocycles. The fraction of sp³-hybridized carbons (Fsp3) is 0.350. The predicted octanol–water partition coefficient (Wildman–Crippen LogP) is 3.99. The maximum atomic E-state index is 14.7. The molecule has 2 aromatic heterocycles. The zero-order valence-electron chi connectivity index (χ0n) is 15.1. The number of hydrogen-bond acceptors (Lipinski definition) is 4. The Morgan fingerprint density at radius 1 is 1.19 bits per heavy atom. The van der Waals surface area contributed by atoms with E-state index in [9.17, 15) is 9.18 Å². The molecule has 1 saturated heterocycles. The topological polar surface area (TPSA) is 57.0 Å². The highest BCUT2D eigenvalue weighted by Gasteiger charge is 2.22. The van der Waals surface area contributed by atoms with Gasteiger partial charge in [-0.1, -0.05) is 11.6 Å². The van der Waals surface area contributed by atoms with Gasteiger partial charge in [-0.15, -0.1) is 0 Å². The second-order valence-corrected chi connectivity index (χ2v) is 7.26. The number of fused-ring (bicyclic) bond motifs is 1. The summed E-state index contributed by atoms with van der Waals surface area (Å²) in [4.78, 5) is 22.1. The summed E-state index contributed by atoms with van der Waals surface area (Å²) in [6.45, 7) is 3.09. The summed E-state index contributed by atoms with van der Waals surface area (Å²) in [6.07, 6.45) is 1.68. The molecule has 1 fully saturated rings. The van der Waals surface area contributed by atoms with E-state index in [-0.39, 0.29) is 11.5 Å². The molecular weight excluding hydrogens is 369 g/mol. The van der Waals surface area contributed by atoms with Gasteiger partial charge in [-0.05, 0) is 44.0 Å². The van der Waals surface area contributed by atoms with Crippen molar-refractivity contribution < 1.29 is 9.13 Å². The molecule has 27 heavy (non-hydrogen) atoms. The lowest BCUT2D eigenvalue weighted by atomic mass is 9.92. The first-order valence-electron chi connectivity index (χ1n) is 8.87. The van der Waals surface area contributed by atoms with Crippen LogP contribution in [0, 0.1) is 12.7 Å². The van der Waals surface area contributed by atoms with Crippen LogP contribution >= 0.6 is 11.6 Å². The number of nitrogens with zero attached hydrogens (tertiary/aromatic N) is 3. The Labute approximate surface area is 160 Å². The van der Waals surface area contributed by atoms with Crippen LogP contribution in [0.25, 0.3) is 22.2 Å². The molecule has 1 aliphatic rings. The first-order valence-corrected chi connectivity index (χ1v) is 9.25. The normalized spacial score (nSPS) is 15.4. The van der Waals surface area contributed by atoms with Crippen LogP contribution in [-0.4, -0.2) is 27.7 Å². The highest BCUT2D eigenvalue weighted by atomic mass is 35.5. The lowest BCUT2D eigenvalue weighted by Gasteiger charge is -2.22. The van der Waals surface area contributed by atoms with E-state index in [1.165, 1.54) is 10.6 Å². The van der Waals surface area contributed by atoms with Crippen LogP contribution in [-0.2, 0) is 11.8 Å². The van der Waals surface area contributed by atoms with E-state index in [0.717, 1.165) is 18.5 Å². The largest absolute Gasteiger partial charge is 0.381 e. The molecule has 140 valence electrons. The molecule has 1 aromatic carbocycles. The molecule has 7 heteroatoms. The van der Waals surface area contributed by atoms with E-state index in [1.54, 1.807) is 26.1 Å². The fourth-order valence-corrected chi connectivity index (χ4v) is 3.67. The molecule has 0 aliphatic carbocycles. The van der Waals surface area contributed by atoms with Crippen molar-refractivity contribution in [1.29, 1.82) is 0 Å². The van der Waals surface area contributed by atoms with Gasteiger partial charge in [0, 0.05) is 48.0 Å². The Balaban J connectivity index is 2.04. The van der Waals surface area contributed by atoms with Gasteiger partial charge < -0.3 is 4.74 Å². The van der Waals surface area contributed by atoms with Crippen molar-refractivity contribution in [3.8, 4) is 11.1 Å². The average molecular weight is 388 g/mol. The monoisotopic (exact) mass is 387 g/mol. The van der Waals surface area contributed by atoms with Gasteiger partial charge in [-0.2, -0.15) is 0 Å². The number of pyridine rings is 1. The fourth-order valence-electron chi connectivity index (χ4n) is 3.51. The minimum Gasteiger partial charge on any atom is -0.381 e. The highest BCUT2D eigenvalue weighted by Crippen LogP contribution is 2.34. The van der Waals surface area contributed by atoms with Gasteiger partial charge >= 0.3 is 0 Å². The van der Waals surface area contributed by atoms with Crippen molar-refractivity contribution >= 4 is 22.6 Å². The van der Waals surface area contributed by atoms with Crippen molar-refractivity contribution in [3.05, 3.63) is 57.0 Å². The van der Waals surface area contributed by atoms with Gasteiger partial charge in [0.1, 0.15) is 11.6 Å². The molecule has 0 atom stereocenters. The first-order chi connectivity index (χ1) is 13.0. The summed E-state index contributed by atoms with van der Waals surface area (Å²) in [5.41, 5.74) is 1.75. The second kappa shape index (κ2) is 7.02. The smallest absolute Gasteiger partial charge is 0.263 e. The van der Waals surface area contributed by atoms with Crippen molar-refractivity contribution in [1.82, 2.24) is 14.5 Å². The number of aromatic nitrogens is 3. The first kappa shape index (κ1) is 18.1. The third kappa shape index (κ3) is 3.24. The van der Waals surface area contributed by atoms with Gasteiger partial charge in [0.25, 0.3) is 5.56 Å². The number of hydrogen-bond donors (Lipinski definition) is 0. The minimum absolute atomic E-state index is 0.198. The van der Waals surface area contributed by atoms with Crippen molar-refractivity contribution in [2.75, 3.05) is 13.2 Å². The number of halogens is 2. The molecule has 4 rings (SSSR count). The Bertz CT molecular complexity index is 1090. The average Bonchev–Trinajstić information content (AvgIpc) is 2.66. The van der Waals surface area contributed by atoms with E-state index in [0.29, 0.717) is 46.2 Å². The molecule has 0 spiro atoms. The third-order valence-electron chi connectivity index (χ3n) is 5.15. The summed E-state index contributed by atoms with van der Waals surface area (Å²) in [5.74, 6) is 0.283. The predicted molar refractivity (Wildman–Crippen MR) is 103 cm³/mol. The maximum Gasteiger partial charge on any atom is 0.263 e. The molecule has 5 nitrogen and oxygen atoms in total. The van der Waals surface area contributed by atoms with Crippen LogP contribution in [0.4, 0.5) is 4.39 Å². The molecule has 0 bridgehead atoms. The van der Waals surface area contributed by atoms with Gasteiger partial charge in [-0.25, -0.2) is 14.4 Å². The van der Waals surface area contributed by atoms with Gasteiger partial charge in [0.2, 0.25) is 0 Å². The summed E-state index contributed by atoms with van der Waals surface area (Å²) < 4.78 is 21.6. The lowest BCUT2D eigenvalue weighted by Crippen LogP contribution is -2.23. The zero-order valence-corrected chi connectivity index (χ0v) is 15.9. The quantitative estimate of drug-likeness (QED) is 0.667. The van der Waals surface area contributed by atoms with Crippen molar-refractivity contribution in [2.45, 2.75) is 25.7 Å². The second-order valence-electron chi connectivity index (χ2n) is 6.83. The Morgan fingerprint density at radius 3 is 2.63 bits per heavy atom. The molecule has 0 unspecified atom stereocenters. The standard InChI is InChI=1S/C20H19ClFN3O2/c1-11-23-19-18(20(26)25(11)2)15(14-4-3-13(21)9-16(14)22)10-17(24-19)12-5-7-27-8-6-12/h3-4,9-10,12H,5-8H2,1-2H3. The summed E-state index contributed by atoms with van der Waals surface area (Å²) >= 11 is 5.91. The van der Waals surface area contributed by atoms with Crippen molar-refractivity contribution in [3.63, 3.8) is 0 Å². The van der Waals surface area contributed by atoms with Crippen LogP contribution in [0.3, 0.4) is 0 Å². The number of benzene rings is 1. The van der Waals surface area contributed by atoms with Gasteiger partial charge in [0.05, 0.1) is 5.39 Å². The summed E-state index contributed by atoms with van der Waals surface area (Å²) in [5, 5.41) is 0.626.